The van der Waals surface area contributed by atoms with E-state index < -0.39 is 12.7 Å². The molecule has 0 radical (unpaired) electrons. The topological polar surface area (TPSA) is 120 Å². The number of nitrogens with zero attached hydrogens (tertiary/aromatic N) is 5. The monoisotopic (exact) mass is 456 g/mol. The maximum Gasteiger partial charge on any atom is 0.166 e. The van der Waals surface area contributed by atoms with Crippen molar-refractivity contribution >= 4 is 28.3 Å². The molecule has 3 heterocycles. The van der Waals surface area contributed by atoms with Gasteiger partial charge in [0.1, 0.15) is 11.9 Å². The molecule has 9 nitrogen and oxygen atoms in total. The van der Waals surface area contributed by atoms with Crippen LogP contribution in [-0.2, 0) is 11.3 Å². The molecule has 0 amide bonds. The average Bonchev–Trinajstić information content (AvgIpc) is 3.23. The highest BCUT2D eigenvalue weighted by molar-refractivity contribution is 6.07. The Morgan fingerprint density at radius 2 is 1.91 bits per heavy atom. The first kappa shape index (κ1) is 26.4. The molecule has 2 aromatic heterocycles. The first-order valence-corrected chi connectivity index (χ1v) is 11.4. The molecule has 9 heteroatoms. The molecule has 0 saturated carbocycles. The van der Waals surface area contributed by atoms with Gasteiger partial charge < -0.3 is 29.8 Å². The second kappa shape index (κ2) is 12.4. The van der Waals surface area contributed by atoms with Gasteiger partial charge in [-0.1, -0.05) is 26.5 Å². The maximum absolute atomic E-state index is 10.3. The van der Waals surface area contributed by atoms with Gasteiger partial charge in [0, 0.05) is 25.2 Å². The van der Waals surface area contributed by atoms with Crippen molar-refractivity contribution < 1.29 is 14.9 Å². The molecular formula is C24H36N6O3. The van der Waals surface area contributed by atoms with Crippen LogP contribution in [0.25, 0.3) is 16.7 Å². The third kappa shape index (κ3) is 5.93. The van der Waals surface area contributed by atoms with Crippen molar-refractivity contribution in [1.82, 2.24) is 19.5 Å². The highest BCUT2D eigenvalue weighted by Gasteiger charge is 2.25. The van der Waals surface area contributed by atoms with E-state index in [2.05, 4.69) is 16.5 Å². The van der Waals surface area contributed by atoms with Crippen molar-refractivity contribution in [3.8, 4) is 0 Å². The lowest BCUT2D eigenvalue weighted by Crippen LogP contribution is -2.37. The van der Waals surface area contributed by atoms with Crippen LogP contribution in [0, 0.1) is 5.41 Å². The van der Waals surface area contributed by atoms with E-state index in [4.69, 9.17) is 20.1 Å². The average molecular weight is 457 g/mol. The molecular weight excluding hydrogens is 420 g/mol. The molecule has 0 bridgehead atoms. The summed E-state index contributed by atoms with van der Waals surface area (Å²) in [5.74, 6) is 1.44. The van der Waals surface area contributed by atoms with E-state index >= 15 is 0 Å². The first-order chi connectivity index (χ1) is 15.9. The third-order valence-electron chi connectivity index (χ3n) is 5.14. The van der Waals surface area contributed by atoms with Crippen LogP contribution in [0.5, 0.6) is 0 Å². The number of morpholine rings is 1. The minimum atomic E-state index is -1.11. The fourth-order valence-electron chi connectivity index (χ4n) is 3.49. The number of anilines is 1. The number of nitrogens with one attached hydrogen (secondary N) is 1. The fraction of sp³-hybridized carbons (Fsp3) is 0.500. The molecule has 2 aromatic rings. The second-order valence-corrected chi connectivity index (χ2v) is 7.32. The van der Waals surface area contributed by atoms with Crippen LogP contribution in [0.15, 0.2) is 30.4 Å². The van der Waals surface area contributed by atoms with Crippen LogP contribution in [-0.4, -0.2) is 68.4 Å². The summed E-state index contributed by atoms with van der Waals surface area (Å²) in [6, 6.07) is 0. The van der Waals surface area contributed by atoms with E-state index in [1.54, 1.807) is 16.7 Å². The predicted octanol–water partition coefficient (Wildman–Crippen LogP) is 3.29. The van der Waals surface area contributed by atoms with Crippen molar-refractivity contribution in [2.45, 2.75) is 47.3 Å². The van der Waals surface area contributed by atoms with Crippen molar-refractivity contribution in [2.24, 2.45) is 0 Å². The Bertz CT molecular complexity index is 1030. The van der Waals surface area contributed by atoms with E-state index in [0.29, 0.717) is 72.8 Å². The Morgan fingerprint density at radius 3 is 2.48 bits per heavy atom. The molecule has 33 heavy (non-hydrogen) atoms. The number of hydrogen-bond acceptors (Lipinski definition) is 8. The van der Waals surface area contributed by atoms with Gasteiger partial charge in [0.05, 0.1) is 25.5 Å². The zero-order valence-corrected chi connectivity index (χ0v) is 20.3. The molecule has 0 aliphatic carbocycles. The maximum atomic E-state index is 10.3. The number of imidazole rings is 1. The lowest BCUT2D eigenvalue weighted by molar-refractivity contribution is 0.0861. The highest BCUT2D eigenvalue weighted by atomic mass is 16.5. The molecule has 0 aromatic carbocycles. The smallest absolute Gasteiger partial charge is 0.166 e. The molecule has 180 valence electrons. The molecule has 0 spiro atoms. The van der Waals surface area contributed by atoms with Crippen LogP contribution in [0.3, 0.4) is 0 Å². The Balaban J connectivity index is 0.00000187. The summed E-state index contributed by atoms with van der Waals surface area (Å²) in [6.07, 6.45) is 4.22. The minimum Gasteiger partial charge on any atom is -0.393 e. The van der Waals surface area contributed by atoms with Gasteiger partial charge in [0.2, 0.25) is 0 Å². The Kier molecular flexibility index (Phi) is 9.90. The molecule has 1 aliphatic heterocycles. The van der Waals surface area contributed by atoms with Gasteiger partial charge in [-0.25, -0.2) is 15.0 Å². The van der Waals surface area contributed by atoms with Gasteiger partial charge in [-0.3, -0.25) is 0 Å². The highest BCUT2D eigenvalue weighted by Crippen LogP contribution is 2.29. The summed E-state index contributed by atoms with van der Waals surface area (Å²) in [5.41, 5.74) is 2.87. The van der Waals surface area contributed by atoms with Gasteiger partial charge in [-0.05, 0) is 38.5 Å². The predicted molar refractivity (Wildman–Crippen MR) is 133 cm³/mol. The Labute approximate surface area is 195 Å². The van der Waals surface area contributed by atoms with E-state index in [0.717, 1.165) is 5.57 Å². The summed E-state index contributed by atoms with van der Waals surface area (Å²) in [7, 11) is 0. The second-order valence-electron chi connectivity index (χ2n) is 7.32. The van der Waals surface area contributed by atoms with Crippen LogP contribution in [0.1, 0.15) is 52.4 Å². The van der Waals surface area contributed by atoms with E-state index in [9.17, 15) is 10.2 Å². The standard InChI is InChI=1S/C22H30N6O3.C2H6/c1-5-7-16(23)14(3)12-15(4)19-25-21(27-8-10-31-11-9-27)18-22(26-19)28(6-2)20(24-18)17(30)13-29;1-2/h5,7,12,17,23,29-30H,4,6,8-11,13H2,1-3H3;1-2H3/b7-5-,14-12+,23-16?;. The summed E-state index contributed by atoms with van der Waals surface area (Å²) in [5, 5.41) is 27.9. The van der Waals surface area contributed by atoms with E-state index in [1.165, 1.54) is 0 Å². The molecule has 1 saturated heterocycles. The number of aliphatic hydroxyl groups is 2. The van der Waals surface area contributed by atoms with Crippen LogP contribution in [0.2, 0.25) is 0 Å². The van der Waals surface area contributed by atoms with Crippen LogP contribution < -0.4 is 4.90 Å². The largest absolute Gasteiger partial charge is 0.393 e. The Morgan fingerprint density at radius 1 is 1.24 bits per heavy atom. The SMILES string of the molecule is C=C(/C=C(\C)C(=N)/C=C\C)c1nc(N2CCOCC2)c2nc(C(O)CO)n(CC)c2n1.CC. The molecule has 3 N–H and O–H groups in total. The summed E-state index contributed by atoms with van der Waals surface area (Å²) >= 11 is 0. The quantitative estimate of drug-likeness (QED) is 0.412. The third-order valence-corrected chi connectivity index (χ3v) is 5.14. The van der Waals surface area contributed by atoms with Gasteiger partial charge in [0.15, 0.2) is 22.8 Å². The summed E-state index contributed by atoms with van der Waals surface area (Å²) in [6.45, 7) is 16.4. The Hall–Kier alpha value is -2.88. The van der Waals surface area contributed by atoms with Crippen molar-refractivity contribution in [1.29, 1.82) is 5.41 Å². The summed E-state index contributed by atoms with van der Waals surface area (Å²) < 4.78 is 7.27. The van der Waals surface area contributed by atoms with Gasteiger partial charge in [0.25, 0.3) is 0 Å². The molecule has 1 aliphatic rings. The van der Waals surface area contributed by atoms with Crippen molar-refractivity contribution in [3.05, 3.63) is 42.0 Å². The number of ether oxygens (including phenoxy) is 1. The number of allylic oxidation sites excluding steroid dienone is 5. The fourth-order valence-corrected chi connectivity index (χ4v) is 3.49. The molecule has 1 unspecified atom stereocenters. The van der Waals surface area contributed by atoms with Crippen molar-refractivity contribution in [2.75, 3.05) is 37.8 Å². The zero-order chi connectivity index (χ0) is 24.5. The van der Waals surface area contributed by atoms with Gasteiger partial charge in [-0.2, -0.15) is 0 Å². The lowest BCUT2D eigenvalue weighted by Gasteiger charge is -2.28. The zero-order valence-electron chi connectivity index (χ0n) is 20.3. The van der Waals surface area contributed by atoms with E-state index in [1.807, 2.05) is 40.7 Å². The molecule has 1 atom stereocenters. The first-order valence-electron chi connectivity index (χ1n) is 11.4. The number of rotatable bonds is 8. The van der Waals surface area contributed by atoms with Crippen LogP contribution in [0.4, 0.5) is 5.82 Å². The number of aryl methyl sites for hydroxylation is 1. The number of aromatic nitrogens is 4. The lowest BCUT2D eigenvalue weighted by atomic mass is 10.1. The number of hydrogen-bond donors (Lipinski definition) is 3. The minimum absolute atomic E-state index is 0.355. The van der Waals surface area contributed by atoms with Gasteiger partial charge >= 0.3 is 0 Å². The summed E-state index contributed by atoms with van der Waals surface area (Å²) in [4.78, 5) is 16.2. The van der Waals surface area contributed by atoms with E-state index in [-0.39, 0.29) is 0 Å². The number of aliphatic hydroxyl groups excluding tert-OH is 2. The van der Waals surface area contributed by atoms with Crippen molar-refractivity contribution in [3.63, 3.8) is 0 Å². The number of fused-ring (bicyclic) bond motifs is 1. The van der Waals surface area contributed by atoms with Gasteiger partial charge in [-0.15, -0.1) is 0 Å². The van der Waals surface area contributed by atoms with Crippen LogP contribution >= 0.6 is 0 Å². The molecule has 3 rings (SSSR count). The molecule has 1 fully saturated rings. The normalized spacial score (nSPS) is 15.5.